The summed E-state index contributed by atoms with van der Waals surface area (Å²) in [7, 11) is 0. The van der Waals surface area contributed by atoms with Crippen LogP contribution in [-0.4, -0.2) is 0 Å². The number of hydrogen-bond donors (Lipinski definition) is 0. The standard InChI is InChI=1S/2C48H33NO/c1-4-12-34(13-5-1)36-20-22-37(23-21-36)39-26-30-42(31-27-39)49(41-28-24-38(25-29-41)35-14-6-2-7-15-35)43-32-45(40-16-8-3-9-17-40)48-46(33-43)44-18-10-11-19-47(44)50-48;1-4-12-34(13-5-1)35-20-22-36(23-21-35)37-24-26-38(27-25-37)39-28-30-42(31-29-39)49(41-16-8-3-9-17-41)43-32-45(40-14-6-2-7-15-40)48-46(33-43)44-18-10-11-19-47(44)50-48/h2*1-33H. The highest BCUT2D eigenvalue weighted by Gasteiger charge is 2.22. The largest absolute Gasteiger partial charge is 0.455 e. The van der Waals surface area contributed by atoms with Crippen LogP contribution in [0.2, 0.25) is 0 Å². The number of benzene rings is 16. The number of rotatable bonds is 14. The Hall–Kier alpha value is -13.3. The summed E-state index contributed by atoms with van der Waals surface area (Å²) in [4.78, 5) is 4.68. The molecule has 0 N–H and O–H groups in total. The number of hydrogen-bond acceptors (Lipinski definition) is 4. The monoisotopic (exact) mass is 1280 g/mol. The molecule has 16 aromatic carbocycles. The van der Waals surface area contributed by atoms with Gasteiger partial charge in [0.2, 0.25) is 0 Å². The molecule has 18 aromatic rings. The maximum atomic E-state index is 6.53. The van der Waals surface area contributed by atoms with Gasteiger partial charge in [-0.3, -0.25) is 0 Å². The molecule has 2 heterocycles. The lowest BCUT2D eigenvalue weighted by Gasteiger charge is -2.27. The Bertz CT molecular complexity index is 5800. The van der Waals surface area contributed by atoms with Gasteiger partial charge >= 0.3 is 0 Å². The van der Waals surface area contributed by atoms with E-state index in [4.69, 9.17) is 8.83 Å². The first-order valence-electron chi connectivity index (χ1n) is 34.0. The zero-order valence-corrected chi connectivity index (χ0v) is 54.8. The summed E-state index contributed by atoms with van der Waals surface area (Å²) in [6.07, 6.45) is 0. The molecule has 472 valence electrons. The zero-order valence-electron chi connectivity index (χ0n) is 54.8. The zero-order chi connectivity index (χ0) is 66.6. The third kappa shape index (κ3) is 12.2. The van der Waals surface area contributed by atoms with Crippen molar-refractivity contribution in [1.29, 1.82) is 0 Å². The summed E-state index contributed by atoms with van der Waals surface area (Å²) in [5.74, 6) is 0. The number of anilines is 6. The fraction of sp³-hybridized carbons (Fsp3) is 0. The van der Waals surface area contributed by atoms with Gasteiger partial charge < -0.3 is 18.6 Å². The Morgan fingerprint density at radius 1 is 0.150 bits per heavy atom. The van der Waals surface area contributed by atoms with Crippen molar-refractivity contribution < 1.29 is 8.83 Å². The van der Waals surface area contributed by atoms with Gasteiger partial charge in [0.15, 0.2) is 0 Å². The predicted octanol–water partition coefficient (Wildman–Crippen LogP) is 27.4. The summed E-state index contributed by atoms with van der Waals surface area (Å²) < 4.78 is 13.0. The van der Waals surface area contributed by atoms with E-state index < -0.39 is 0 Å². The molecule has 0 aliphatic heterocycles. The van der Waals surface area contributed by atoms with Crippen molar-refractivity contribution in [2.24, 2.45) is 0 Å². The second-order valence-corrected chi connectivity index (χ2v) is 25.1. The van der Waals surface area contributed by atoms with Crippen molar-refractivity contribution in [2.75, 3.05) is 9.80 Å². The fourth-order valence-electron chi connectivity index (χ4n) is 13.9. The Kier molecular flexibility index (Phi) is 16.4. The van der Waals surface area contributed by atoms with Gasteiger partial charge in [0.1, 0.15) is 22.3 Å². The average Bonchev–Trinajstić information content (AvgIpc) is 1.55. The van der Waals surface area contributed by atoms with E-state index in [0.717, 1.165) is 100 Å². The number of furan rings is 2. The van der Waals surface area contributed by atoms with Crippen LogP contribution in [0, 0.1) is 0 Å². The van der Waals surface area contributed by atoms with E-state index in [1.807, 2.05) is 18.2 Å². The fourth-order valence-corrected chi connectivity index (χ4v) is 13.9. The number of nitrogens with zero attached hydrogens (tertiary/aromatic N) is 2. The first-order chi connectivity index (χ1) is 49.6. The minimum absolute atomic E-state index is 0.887. The van der Waals surface area contributed by atoms with Crippen molar-refractivity contribution in [3.8, 4) is 89.0 Å². The number of para-hydroxylation sites is 3. The van der Waals surface area contributed by atoms with Crippen molar-refractivity contribution in [2.45, 2.75) is 0 Å². The van der Waals surface area contributed by atoms with Gasteiger partial charge in [0.05, 0.1) is 0 Å². The Morgan fingerprint density at radius 3 is 0.640 bits per heavy atom. The highest BCUT2D eigenvalue weighted by molar-refractivity contribution is 6.13. The lowest BCUT2D eigenvalue weighted by molar-refractivity contribution is 0.669. The van der Waals surface area contributed by atoms with Crippen LogP contribution in [-0.2, 0) is 0 Å². The van der Waals surface area contributed by atoms with Crippen molar-refractivity contribution in [3.63, 3.8) is 0 Å². The summed E-state index contributed by atoms with van der Waals surface area (Å²) >= 11 is 0. The molecule has 0 bridgehead atoms. The molecule has 0 saturated heterocycles. The van der Waals surface area contributed by atoms with Gasteiger partial charge in [0.25, 0.3) is 0 Å². The van der Waals surface area contributed by atoms with Gasteiger partial charge in [-0.25, -0.2) is 0 Å². The van der Waals surface area contributed by atoms with E-state index >= 15 is 0 Å². The molecule has 100 heavy (non-hydrogen) atoms. The predicted molar refractivity (Wildman–Crippen MR) is 420 cm³/mol. The molecule has 4 heteroatoms. The van der Waals surface area contributed by atoms with Crippen LogP contribution in [0.3, 0.4) is 0 Å². The normalized spacial score (nSPS) is 11.2. The minimum Gasteiger partial charge on any atom is -0.455 e. The van der Waals surface area contributed by atoms with Crippen LogP contribution >= 0.6 is 0 Å². The molecule has 0 fully saturated rings. The maximum absolute atomic E-state index is 6.53. The van der Waals surface area contributed by atoms with Crippen molar-refractivity contribution in [1.82, 2.24) is 0 Å². The highest BCUT2D eigenvalue weighted by Crippen LogP contribution is 2.47. The quantitative estimate of drug-likeness (QED) is 0.109. The van der Waals surface area contributed by atoms with Gasteiger partial charge in [-0.05, 0) is 163 Å². The summed E-state index contributed by atoms with van der Waals surface area (Å²) in [5.41, 5.74) is 28.8. The third-order valence-electron chi connectivity index (χ3n) is 19.0. The molecule has 18 rings (SSSR count). The molecule has 0 aliphatic carbocycles. The van der Waals surface area contributed by atoms with E-state index in [1.54, 1.807) is 0 Å². The molecular weight excluding hydrogens is 1210 g/mol. The van der Waals surface area contributed by atoms with E-state index in [-0.39, 0.29) is 0 Å². The summed E-state index contributed by atoms with van der Waals surface area (Å²) in [6.45, 7) is 0. The van der Waals surface area contributed by atoms with Gasteiger partial charge in [-0.1, -0.05) is 315 Å². The molecule has 0 radical (unpaired) electrons. The molecule has 2 aromatic heterocycles. The minimum atomic E-state index is 0.887. The molecule has 0 aliphatic rings. The SMILES string of the molecule is c1ccc(-c2ccc(-c3ccc(-c4ccc(N(c5ccccc5)c5cc(-c6ccccc6)c6oc7ccccc7c6c5)cc4)cc3)cc2)cc1.c1ccc(-c2ccc(-c3ccc(N(c4ccc(-c5ccccc5)cc4)c4cc(-c5ccccc5)c5oc6ccccc6c5c4)cc3)cc2)cc1. The van der Waals surface area contributed by atoms with Crippen LogP contribution in [0.25, 0.3) is 133 Å². The van der Waals surface area contributed by atoms with Crippen molar-refractivity contribution in [3.05, 3.63) is 400 Å². The lowest BCUT2D eigenvalue weighted by Crippen LogP contribution is -2.10. The Balaban J connectivity index is 0.000000150. The molecule has 0 unspecified atom stereocenters. The second kappa shape index (κ2) is 27.1. The molecular formula is C96H66N2O2. The first-order valence-corrected chi connectivity index (χ1v) is 34.0. The van der Waals surface area contributed by atoms with E-state index in [9.17, 15) is 0 Å². The average molecular weight is 1280 g/mol. The molecule has 0 atom stereocenters. The van der Waals surface area contributed by atoms with Gasteiger partial charge in [0, 0.05) is 66.8 Å². The Morgan fingerprint density at radius 2 is 0.360 bits per heavy atom. The second-order valence-electron chi connectivity index (χ2n) is 25.1. The van der Waals surface area contributed by atoms with E-state index in [1.165, 1.54) is 66.8 Å². The molecule has 0 saturated carbocycles. The highest BCUT2D eigenvalue weighted by atomic mass is 16.3. The maximum Gasteiger partial charge on any atom is 0.143 e. The van der Waals surface area contributed by atoms with Gasteiger partial charge in [-0.15, -0.1) is 0 Å². The van der Waals surface area contributed by atoms with E-state index in [0.29, 0.717) is 0 Å². The van der Waals surface area contributed by atoms with Crippen molar-refractivity contribution >= 4 is 78.0 Å². The third-order valence-corrected chi connectivity index (χ3v) is 19.0. The van der Waals surface area contributed by atoms with Gasteiger partial charge in [-0.2, -0.15) is 0 Å². The van der Waals surface area contributed by atoms with Crippen LogP contribution in [0.15, 0.2) is 409 Å². The summed E-state index contributed by atoms with van der Waals surface area (Å²) in [6, 6.07) is 142. The van der Waals surface area contributed by atoms with Crippen LogP contribution in [0.4, 0.5) is 34.1 Å². The first kappa shape index (κ1) is 60.4. The molecule has 4 nitrogen and oxygen atoms in total. The van der Waals surface area contributed by atoms with Crippen LogP contribution in [0.1, 0.15) is 0 Å². The number of fused-ring (bicyclic) bond motifs is 6. The van der Waals surface area contributed by atoms with E-state index in [2.05, 4.69) is 392 Å². The molecule has 0 spiro atoms. The summed E-state index contributed by atoms with van der Waals surface area (Å²) in [5, 5.41) is 4.41. The van der Waals surface area contributed by atoms with Crippen LogP contribution in [0.5, 0.6) is 0 Å². The topological polar surface area (TPSA) is 32.8 Å². The lowest BCUT2D eigenvalue weighted by atomic mass is 9.98. The van der Waals surface area contributed by atoms with Crippen LogP contribution < -0.4 is 9.80 Å². The smallest absolute Gasteiger partial charge is 0.143 e. The Labute approximate surface area is 582 Å². The molecule has 0 amide bonds.